The van der Waals surface area contributed by atoms with Gasteiger partial charge in [-0.15, -0.1) is 0 Å². The van der Waals surface area contributed by atoms with Crippen molar-refractivity contribution in [3.8, 4) is 0 Å². The predicted octanol–water partition coefficient (Wildman–Crippen LogP) is 8.59. The summed E-state index contributed by atoms with van der Waals surface area (Å²) in [7, 11) is -2.12. The van der Waals surface area contributed by atoms with Gasteiger partial charge in [-0.1, -0.05) is 97.3 Å². The second-order valence-electron chi connectivity index (χ2n) is 9.08. The Morgan fingerprint density at radius 3 is 1.90 bits per heavy atom. The molecule has 3 heteroatoms. The molecule has 0 heterocycles. The summed E-state index contributed by atoms with van der Waals surface area (Å²) in [6.07, 6.45) is 13.8. The normalized spacial score (nSPS) is 15.6. The minimum Gasteiger partial charge on any atom is -0.385 e. The van der Waals surface area contributed by atoms with Crippen LogP contribution in [-0.2, 0) is 4.57 Å². The molecule has 0 aliphatic heterocycles. The number of hydrogen-bond acceptors (Lipinski definition) is 2. The van der Waals surface area contributed by atoms with Crippen LogP contribution in [0.25, 0.3) is 0 Å². The largest absolute Gasteiger partial charge is 0.385 e. The van der Waals surface area contributed by atoms with E-state index in [4.69, 9.17) is 0 Å². The van der Waals surface area contributed by atoms with Gasteiger partial charge in [0.05, 0.1) is 7.14 Å². The van der Waals surface area contributed by atoms with Gasteiger partial charge in [0.1, 0.15) is 0 Å². The maximum atomic E-state index is 14.1. The Hall–Kier alpha value is -0.750. The van der Waals surface area contributed by atoms with Crippen LogP contribution in [0.5, 0.6) is 0 Å². The average molecular weight is 422 g/mol. The molecule has 1 aromatic carbocycles. The molecule has 0 saturated carbocycles. The number of unbranched alkanes of at least 4 members (excludes halogenated alkanes) is 2. The van der Waals surface area contributed by atoms with E-state index in [1.165, 1.54) is 62.6 Å². The molecule has 1 aromatic rings. The molecule has 2 atom stereocenters. The standard InChI is InChI=1S/C26H48NOP/c1-6-10-16-24(8-3)21-29(28,22-25(9-4)17-11-7-2)20-14-19-27-26-18-13-12-15-23(26)5/h12-13,15,18,24-25,27H,6-11,14,16-17,19-22H2,1-5H3. The highest BCUT2D eigenvalue weighted by molar-refractivity contribution is 7.63. The lowest BCUT2D eigenvalue weighted by Crippen LogP contribution is -2.16. The molecular formula is C26H48NOP. The molecular weight excluding hydrogens is 373 g/mol. The van der Waals surface area contributed by atoms with Gasteiger partial charge in [-0.05, 0) is 36.8 Å². The van der Waals surface area contributed by atoms with Crippen molar-refractivity contribution in [3.05, 3.63) is 29.8 Å². The van der Waals surface area contributed by atoms with E-state index in [-0.39, 0.29) is 0 Å². The van der Waals surface area contributed by atoms with Crippen LogP contribution < -0.4 is 5.32 Å². The molecule has 0 radical (unpaired) electrons. The quantitative estimate of drug-likeness (QED) is 0.201. The lowest BCUT2D eigenvalue weighted by Gasteiger charge is -2.27. The molecule has 0 aliphatic rings. The van der Waals surface area contributed by atoms with E-state index in [2.05, 4.69) is 64.2 Å². The van der Waals surface area contributed by atoms with Crippen molar-refractivity contribution in [1.82, 2.24) is 0 Å². The molecule has 2 unspecified atom stereocenters. The van der Waals surface area contributed by atoms with E-state index in [1.807, 2.05) is 0 Å². The summed E-state index contributed by atoms with van der Waals surface area (Å²) in [5.41, 5.74) is 2.50. The van der Waals surface area contributed by atoms with E-state index >= 15 is 0 Å². The summed E-state index contributed by atoms with van der Waals surface area (Å²) < 4.78 is 14.1. The number of rotatable bonds is 17. The topological polar surface area (TPSA) is 29.1 Å². The third-order valence-corrected chi connectivity index (χ3v) is 9.97. The van der Waals surface area contributed by atoms with Crippen LogP contribution in [0.2, 0.25) is 0 Å². The van der Waals surface area contributed by atoms with Gasteiger partial charge in [0.15, 0.2) is 0 Å². The van der Waals surface area contributed by atoms with E-state index in [0.29, 0.717) is 11.8 Å². The summed E-state index contributed by atoms with van der Waals surface area (Å²) in [5.74, 6) is 1.29. The lowest BCUT2D eigenvalue weighted by molar-refractivity contribution is 0.462. The molecule has 0 aliphatic carbocycles. The Balaban J connectivity index is 2.71. The fourth-order valence-electron chi connectivity index (χ4n) is 4.39. The Kier molecular flexibility index (Phi) is 13.7. The summed E-state index contributed by atoms with van der Waals surface area (Å²) in [4.78, 5) is 0. The van der Waals surface area contributed by atoms with Crippen LogP contribution in [0, 0.1) is 18.8 Å². The number of nitrogens with one attached hydrogen (secondary N) is 1. The van der Waals surface area contributed by atoms with Gasteiger partial charge >= 0.3 is 0 Å². The van der Waals surface area contributed by atoms with Crippen molar-refractivity contribution < 1.29 is 4.57 Å². The van der Waals surface area contributed by atoms with Gasteiger partial charge < -0.3 is 9.88 Å². The number of anilines is 1. The van der Waals surface area contributed by atoms with Crippen LogP contribution in [-0.4, -0.2) is 25.0 Å². The summed E-state index contributed by atoms with van der Waals surface area (Å²) in [6, 6.07) is 8.45. The fraction of sp³-hybridized carbons (Fsp3) is 0.769. The van der Waals surface area contributed by atoms with Gasteiger partial charge in [-0.3, -0.25) is 0 Å². The van der Waals surface area contributed by atoms with Crippen LogP contribution in [0.3, 0.4) is 0 Å². The molecule has 29 heavy (non-hydrogen) atoms. The van der Waals surface area contributed by atoms with E-state index < -0.39 is 7.14 Å². The second kappa shape index (κ2) is 15.1. The highest BCUT2D eigenvalue weighted by atomic mass is 31.2. The van der Waals surface area contributed by atoms with Gasteiger partial charge in [0.25, 0.3) is 0 Å². The highest BCUT2D eigenvalue weighted by Crippen LogP contribution is 2.51. The fourth-order valence-corrected chi connectivity index (χ4v) is 8.41. The average Bonchev–Trinajstić information content (AvgIpc) is 2.73. The Labute approximate surface area is 182 Å². The first-order valence-corrected chi connectivity index (χ1v) is 14.6. The van der Waals surface area contributed by atoms with Crippen LogP contribution in [0.15, 0.2) is 24.3 Å². The van der Waals surface area contributed by atoms with Crippen LogP contribution in [0.4, 0.5) is 5.69 Å². The van der Waals surface area contributed by atoms with Crippen LogP contribution in [0.1, 0.15) is 91.0 Å². The zero-order chi connectivity index (χ0) is 21.5. The zero-order valence-electron chi connectivity index (χ0n) is 20.0. The number of aryl methyl sites for hydroxylation is 1. The van der Waals surface area contributed by atoms with Crippen molar-refractivity contribution in [1.29, 1.82) is 0 Å². The minimum atomic E-state index is -2.12. The monoisotopic (exact) mass is 421 g/mol. The SMILES string of the molecule is CCCCC(CC)CP(=O)(CCCNc1ccccc1C)CC(CC)CCCC. The Morgan fingerprint density at radius 1 is 0.862 bits per heavy atom. The first-order valence-electron chi connectivity index (χ1n) is 12.3. The Morgan fingerprint density at radius 2 is 1.41 bits per heavy atom. The molecule has 0 fully saturated rings. The van der Waals surface area contributed by atoms with E-state index in [9.17, 15) is 4.57 Å². The molecule has 2 nitrogen and oxygen atoms in total. The van der Waals surface area contributed by atoms with Gasteiger partial charge in [0, 0.05) is 30.7 Å². The summed E-state index contributed by atoms with van der Waals surface area (Å²) >= 11 is 0. The van der Waals surface area contributed by atoms with Crippen molar-refractivity contribution in [3.63, 3.8) is 0 Å². The predicted molar refractivity (Wildman–Crippen MR) is 133 cm³/mol. The van der Waals surface area contributed by atoms with E-state index in [1.54, 1.807) is 0 Å². The molecule has 0 amide bonds. The lowest BCUT2D eigenvalue weighted by atomic mass is 10.0. The molecule has 168 valence electrons. The molecule has 0 aromatic heterocycles. The van der Waals surface area contributed by atoms with Crippen molar-refractivity contribution in [2.24, 2.45) is 11.8 Å². The van der Waals surface area contributed by atoms with Gasteiger partial charge in [-0.2, -0.15) is 0 Å². The molecule has 1 N–H and O–H groups in total. The second-order valence-corrected chi connectivity index (χ2v) is 12.4. The minimum absolute atomic E-state index is 0.647. The van der Waals surface area contributed by atoms with Crippen molar-refractivity contribution >= 4 is 12.8 Å². The maximum Gasteiger partial charge on any atom is 0.0883 e. The number of benzene rings is 1. The van der Waals surface area contributed by atoms with Crippen molar-refractivity contribution in [2.45, 2.75) is 92.4 Å². The molecule has 1 rings (SSSR count). The van der Waals surface area contributed by atoms with Gasteiger partial charge in [0.2, 0.25) is 0 Å². The van der Waals surface area contributed by atoms with Crippen LogP contribution >= 0.6 is 7.14 Å². The molecule has 0 spiro atoms. The van der Waals surface area contributed by atoms with Gasteiger partial charge in [-0.25, -0.2) is 0 Å². The van der Waals surface area contributed by atoms with E-state index in [0.717, 1.165) is 31.5 Å². The smallest absolute Gasteiger partial charge is 0.0883 e. The third-order valence-electron chi connectivity index (χ3n) is 6.47. The zero-order valence-corrected chi connectivity index (χ0v) is 20.9. The van der Waals surface area contributed by atoms with Crippen molar-refractivity contribution in [2.75, 3.05) is 30.3 Å². The first kappa shape index (κ1) is 26.3. The first-order chi connectivity index (χ1) is 14.0. The number of para-hydroxylation sites is 1. The third kappa shape index (κ3) is 10.7. The summed E-state index contributed by atoms with van der Waals surface area (Å²) in [6.45, 7) is 12.2. The number of hydrogen-bond donors (Lipinski definition) is 1. The maximum absolute atomic E-state index is 14.1. The molecule has 0 bridgehead atoms. The highest BCUT2D eigenvalue weighted by Gasteiger charge is 2.28. The molecule has 0 saturated heterocycles. The summed E-state index contributed by atoms with van der Waals surface area (Å²) in [5, 5.41) is 3.57. The Bertz CT molecular complexity index is 564.